The Bertz CT molecular complexity index is 106. The molecule has 1 rings (SSSR count). The number of hydrogen-bond acceptors (Lipinski definition) is 3. The molecule has 0 aromatic heterocycles. The van der Waals surface area contributed by atoms with Crippen molar-refractivity contribution in [1.29, 1.82) is 0 Å². The lowest BCUT2D eigenvalue weighted by Crippen LogP contribution is -2.46. The van der Waals surface area contributed by atoms with E-state index in [-0.39, 0.29) is 0 Å². The molecule has 1 heterocycles. The van der Waals surface area contributed by atoms with Crippen molar-refractivity contribution in [3.8, 4) is 0 Å². The summed E-state index contributed by atoms with van der Waals surface area (Å²) in [7, 11) is 0. The molecule has 0 spiro atoms. The highest BCUT2D eigenvalue weighted by atomic mass is 15.2. The maximum absolute atomic E-state index is 5.90. The molecule has 0 radical (unpaired) electrons. The average molecular weight is 157 g/mol. The van der Waals surface area contributed by atoms with E-state index in [4.69, 9.17) is 11.5 Å². The van der Waals surface area contributed by atoms with Gasteiger partial charge in [-0.1, -0.05) is 0 Å². The monoisotopic (exact) mass is 157 g/mol. The second kappa shape index (κ2) is 4.70. The van der Waals surface area contributed by atoms with Crippen LogP contribution in [0.1, 0.15) is 25.7 Å². The maximum atomic E-state index is 5.90. The Morgan fingerprint density at radius 1 is 1.36 bits per heavy atom. The molecule has 1 atom stereocenters. The van der Waals surface area contributed by atoms with Crippen molar-refractivity contribution < 1.29 is 0 Å². The average Bonchev–Trinajstić information content (AvgIpc) is 2.03. The minimum Gasteiger partial charge on any atom is -0.330 e. The van der Waals surface area contributed by atoms with Gasteiger partial charge in [0.1, 0.15) is 0 Å². The van der Waals surface area contributed by atoms with E-state index in [0.717, 1.165) is 25.9 Å². The van der Waals surface area contributed by atoms with Gasteiger partial charge in [-0.3, -0.25) is 4.90 Å². The summed E-state index contributed by atoms with van der Waals surface area (Å²) in [5.41, 5.74) is 11.3. The van der Waals surface area contributed by atoms with Crippen LogP contribution in [0.4, 0.5) is 0 Å². The number of hydrogen-bond donors (Lipinski definition) is 2. The molecule has 0 amide bonds. The van der Waals surface area contributed by atoms with Gasteiger partial charge >= 0.3 is 0 Å². The second-order valence-corrected chi connectivity index (χ2v) is 3.24. The standard InChI is InChI=1S/C8H19N3/c9-5-3-7-11-6-2-1-4-8(11)10/h8H,1-7,9-10H2. The van der Waals surface area contributed by atoms with Crippen molar-refractivity contribution in [2.24, 2.45) is 11.5 Å². The predicted molar refractivity (Wildman–Crippen MR) is 47.1 cm³/mol. The first-order valence-corrected chi connectivity index (χ1v) is 4.54. The fourth-order valence-corrected chi connectivity index (χ4v) is 1.59. The molecule has 11 heavy (non-hydrogen) atoms. The summed E-state index contributed by atoms with van der Waals surface area (Å²) >= 11 is 0. The number of piperidine rings is 1. The summed E-state index contributed by atoms with van der Waals surface area (Å²) in [4.78, 5) is 2.34. The summed E-state index contributed by atoms with van der Waals surface area (Å²) in [6, 6.07) is 0. The van der Waals surface area contributed by atoms with Crippen LogP contribution in [0.25, 0.3) is 0 Å². The molecule has 4 N–H and O–H groups in total. The summed E-state index contributed by atoms with van der Waals surface area (Å²) in [6.07, 6.45) is 5.13. The minimum atomic E-state index is 0.301. The van der Waals surface area contributed by atoms with Gasteiger partial charge in [0.25, 0.3) is 0 Å². The quantitative estimate of drug-likeness (QED) is 0.611. The Hall–Kier alpha value is -0.120. The number of nitrogens with zero attached hydrogens (tertiary/aromatic N) is 1. The van der Waals surface area contributed by atoms with Crippen molar-refractivity contribution >= 4 is 0 Å². The molecule has 66 valence electrons. The van der Waals surface area contributed by atoms with E-state index in [1.54, 1.807) is 0 Å². The van der Waals surface area contributed by atoms with Gasteiger partial charge < -0.3 is 11.5 Å². The first kappa shape index (κ1) is 8.97. The van der Waals surface area contributed by atoms with Crippen LogP contribution in [0.3, 0.4) is 0 Å². The van der Waals surface area contributed by atoms with Crippen LogP contribution in [-0.4, -0.2) is 30.7 Å². The van der Waals surface area contributed by atoms with Crippen molar-refractivity contribution in [3.05, 3.63) is 0 Å². The third-order valence-corrected chi connectivity index (χ3v) is 2.31. The van der Waals surface area contributed by atoms with Gasteiger partial charge in [-0.25, -0.2) is 0 Å². The molecule has 3 heteroatoms. The molecule has 1 aliphatic heterocycles. The molecule has 1 fully saturated rings. The van der Waals surface area contributed by atoms with E-state index in [2.05, 4.69) is 4.90 Å². The first-order chi connectivity index (χ1) is 5.34. The summed E-state index contributed by atoms with van der Waals surface area (Å²) < 4.78 is 0. The highest BCUT2D eigenvalue weighted by Gasteiger charge is 2.16. The normalized spacial score (nSPS) is 27.3. The highest BCUT2D eigenvalue weighted by Crippen LogP contribution is 2.12. The Morgan fingerprint density at radius 2 is 2.18 bits per heavy atom. The molecule has 1 aliphatic rings. The van der Waals surface area contributed by atoms with Crippen molar-refractivity contribution in [1.82, 2.24) is 4.90 Å². The Morgan fingerprint density at radius 3 is 2.82 bits per heavy atom. The van der Waals surface area contributed by atoms with Crippen molar-refractivity contribution in [2.75, 3.05) is 19.6 Å². The van der Waals surface area contributed by atoms with Crippen LogP contribution in [0.2, 0.25) is 0 Å². The van der Waals surface area contributed by atoms with Gasteiger partial charge in [-0.15, -0.1) is 0 Å². The molecular weight excluding hydrogens is 138 g/mol. The van der Waals surface area contributed by atoms with Crippen LogP contribution in [0, 0.1) is 0 Å². The maximum Gasteiger partial charge on any atom is 0.0571 e. The third kappa shape index (κ3) is 2.77. The summed E-state index contributed by atoms with van der Waals surface area (Å²) in [5.74, 6) is 0. The SMILES string of the molecule is NCCCN1CCCCC1N. The predicted octanol–water partition coefficient (Wildman–Crippen LogP) is 0.106. The van der Waals surface area contributed by atoms with E-state index in [1.165, 1.54) is 19.4 Å². The third-order valence-electron chi connectivity index (χ3n) is 2.31. The first-order valence-electron chi connectivity index (χ1n) is 4.54. The fourth-order valence-electron chi connectivity index (χ4n) is 1.59. The van der Waals surface area contributed by atoms with Crippen LogP contribution in [-0.2, 0) is 0 Å². The van der Waals surface area contributed by atoms with E-state index in [1.807, 2.05) is 0 Å². The van der Waals surface area contributed by atoms with Gasteiger partial charge in [0, 0.05) is 6.54 Å². The molecular formula is C8H19N3. The number of nitrogens with two attached hydrogens (primary N) is 2. The van der Waals surface area contributed by atoms with Gasteiger partial charge in [-0.05, 0) is 38.8 Å². The lowest BCUT2D eigenvalue weighted by molar-refractivity contribution is 0.151. The summed E-state index contributed by atoms with van der Waals surface area (Å²) in [5, 5.41) is 0. The van der Waals surface area contributed by atoms with Crippen molar-refractivity contribution in [3.63, 3.8) is 0 Å². The Balaban J connectivity index is 2.18. The van der Waals surface area contributed by atoms with E-state index >= 15 is 0 Å². The molecule has 0 aromatic rings. The summed E-state index contributed by atoms with van der Waals surface area (Å²) in [6.45, 7) is 3.03. The van der Waals surface area contributed by atoms with Gasteiger partial charge in [0.15, 0.2) is 0 Å². The molecule has 3 nitrogen and oxygen atoms in total. The van der Waals surface area contributed by atoms with E-state index in [0.29, 0.717) is 6.17 Å². The molecule has 0 bridgehead atoms. The zero-order valence-electron chi connectivity index (χ0n) is 7.13. The number of rotatable bonds is 3. The molecule has 1 unspecified atom stereocenters. The topological polar surface area (TPSA) is 55.3 Å². The largest absolute Gasteiger partial charge is 0.330 e. The molecule has 0 saturated carbocycles. The molecule has 1 saturated heterocycles. The van der Waals surface area contributed by atoms with Crippen LogP contribution < -0.4 is 11.5 Å². The second-order valence-electron chi connectivity index (χ2n) is 3.24. The van der Waals surface area contributed by atoms with Gasteiger partial charge in [-0.2, -0.15) is 0 Å². The molecule has 0 aliphatic carbocycles. The minimum absolute atomic E-state index is 0.301. The smallest absolute Gasteiger partial charge is 0.0571 e. The molecule has 0 aromatic carbocycles. The lowest BCUT2D eigenvalue weighted by atomic mass is 10.1. The Labute approximate surface area is 68.7 Å². The van der Waals surface area contributed by atoms with E-state index < -0.39 is 0 Å². The highest BCUT2D eigenvalue weighted by molar-refractivity contribution is 4.71. The van der Waals surface area contributed by atoms with Crippen LogP contribution in [0.15, 0.2) is 0 Å². The van der Waals surface area contributed by atoms with Gasteiger partial charge in [0.2, 0.25) is 0 Å². The Kier molecular flexibility index (Phi) is 3.83. The zero-order chi connectivity index (χ0) is 8.10. The van der Waals surface area contributed by atoms with Crippen LogP contribution in [0.5, 0.6) is 0 Å². The van der Waals surface area contributed by atoms with Crippen molar-refractivity contribution in [2.45, 2.75) is 31.8 Å². The van der Waals surface area contributed by atoms with E-state index in [9.17, 15) is 0 Å². The van der Waals surface area contributed by atoms with Crippen LogP contribution >= 0.6 is 0 Å². The number of likely N-dealkylation sites (tertiary alicyclic amines) is 1. The zero-order valence-corrected chi connectivity index (χ0v) is 7.13. The fraction of sp³-hybridized carbons (Fsp3) is 1.00. The van der Waals surface area contributed by atoms with Gasteiger partial charge in [0.05, 0.1) is 6.17 Å². The lowest BCUT2D eigenvalue weighted by Gasteiger charge is -2.32.